The number of anilines is 1. The molecule has 0 amide bonds. The van der Waals surface area contributed by atoms with Crippen molar-refractivity contribution in [3.05, 3.63) is 34.8 Å². The highest BCUT2D eigenvalue weighted by molar-refractivity contribution is 7.16. The molecule has 0 unspecified atom stereocenters. The summed E-state index contributed by atoms with van der Waals surface area (Å²) in [7, 11) is 0. The van der Waals surface area contributed by atoms with E-state index in [1.165, 1.54) is 61.1 Å². The quantitative estimate of drug-likeness (QED) is 0.833. The number of nitrogens with two attached hydrogens (primary N) is 1. The van der Waals surface area contributed by atoms with Gasteiger partial charge < -0.3 is 5.73 Å². The van der Waals surface area contributed by atoms with Crippen LogP contribution in [0.1, 0.15) is 67.4 Å². The number of thiazole rings is 1. The van der Waals surface area contributed by atoms with Crippen molar-refractivity contribution >= 4 is 16.3 Å². The van der Waals surface area contributed by atoms with Crippen molar-refractivity contribution in [1.82, 2.24) is 4.98 Å². The number of aromatic nitrogens is 1. The highest BCUT2D eigenvalue weighted by Gasteiger charge is 2.28. The van der Waals surface area contributed by atoms with Crippen molar-refractivity contribution in [2.45, 2.75) is 56.8 Å². The summed E-state index contributed by atoms with van der Waals surface area (Å²) in [5, 5.41) is 2.18. The first-order valence-corrected chi connectivity index (χ1v) is 9.00. The minimum atomic E-state index is 0.646. The van der Waals surface area contributed by atoms with Crippen LogP contribution in [0, 0.1) is 0 Å². The Hall–Kier alpha value is -1.35. The molecule has 0 spiro atoms. The third-order valence-corrected chi connectivity index (χ3v) is 5.90. The molecule has 2 aromatic rings. The fourth-order valence-corrected chi connectivity index (χ4v) is 4.55. The Labute approximate surface area is 130 Å². The number of nitrogens with zero attached hydrogens (tertiary/aromatic N) is 1. The molecule has 2 saturated carbocycles. The maximum atomic E-state index is 6.33. The zero-order valence-corrected chi connectivity index (χ0v) is 13.2. The third-order valence-electron chi connectivity index (χ3n) is 4.86. The van der Waals surface area contributed by atoms with Gasteiger partial charge in [0.25, 0.3) is 0 Å². The van der Waals surface area contributed by atoms with Crippen LogP contribution in [-0.4, -0.2) is 4.98 Å². The molecule has 1 aromatic carbocycles. The molecule has 3 heteroatoms. The number of nitrogen functional groups attached to an aromatic ring is 1. The largest absolute Gasteiger partial charge is 0.389 e. The van der Waals surface area contributed by atoms with Crippen molar-refractivity contribution in [2.75, 3.05) is 5.73 Å². The van der Waals surface area contributed by atoms with Crippen LogP contribution in [0.5, 0.6) is 0 Å². The summed E-state index contributed by atoms with van der Waals surface area (Å²) >= 11 is 1.72. The Balaban J connectivity index is 1.70. The smallest absolute Gasteiger partial charge is 0.114 e. The van der Waals surface area contributed by atoms with Crippen molar-refractivity contribution < 1.29 is 0 Å². The first-order valence-electron chi connectivity index (χ1n) is 8.18. The zero-order valence-electron chi connectivity index (χ0n) is 12.3. The molecule has 2 fully saturated rings. The van der Waals surface area contributed by atoms with Gasteiger partial charge in [0.15, 0.2) is 0 Å². The second-order valence-corrected chi connectivity index (χ2v) is 7.52. The number of hydrogen-bond donors (Lipinski definition) is 1. The molecule has 1 heterocycles. The maximum absolute atomic E-state index is 6.33. The first-order chi connectivity index (χ1) is 10.3. The average Bonchev–Trinajstić information content (AvgIpc) is 3.31. The van der Waals surface area contributed by atoms with Crippen LogP contribution in [0.25, 0.3) is 11.3 Å². The maximum Gasteiger partial charge on any atom is 0.114 e. The van der Waals surface area contributed by atoms with Gasteiger partial charge in [-0.3, -0.25) is 0 Å². The van der Waals surface area contributed by atoms with Gasteiger partial charge in [-0.2, -0.15) is 0 Å². The van der Waals surface area contributed by atoms with E-state index < -0.39 is 0 Å². The van der Waals surface area contributed by atoms with Crippen LogP contribution in [-0.2, 0) is 0 Å². The lowest BCUT2D eigenvalue weighted by molar-refractivity contribution is 0.442. The molecule has 21 heavy (non-hydrogen) atoms. The Kier molecular flexibility index (Phi) is 3.46. The molecular formula is C18H22N2S. The summed E-state index contributed by atoms with van der Waals surface area (Å²) in [6.07, 6.45) is 9.28. The Morgan fingerprint density at radius 3 is 2.48 bits per heavy atom. The molecule has 1 aromatic heterocycles. The molecule has 0 saturated heterocycles. The van der Waals surface area contributed by atoms with E-state index in [1.807, 2.05) is 0 Å². The van der Waals surface area contributed by atoms with Crippen molar-refractivity contribution in [3.8, 4) is 11.3 Å². The second-order valence-electron chi connectivity index (χ2n) is 6.46. The summed E-state index contributed by atoms with van der Waals surface area (Å²) in [6.45, 7) is 0. The fraction of sp³-hybridized carbons (Fsp3) is 0.500. The van der Waals surface area contributed by atoms with Gasteiger partial charge in [0.2, 0.25) is 0 Å². The summed E-state index contributed by atoms with van der Waals surface area (Å²) in [4.78, 5) is 4.97. The molecule has 0 radical (unpaired) electrons. The van der Waals surface area contributed by atoms with E-state index in [2.05, 4.69) is 24.3 Å². The molecule has 2 nitrogen and oxygen atoms in total. The van der Waals surface area contributed by atoms with Gasteiger partial charge in [0.05, 0.1) is 5.01 Å². The van der Waals surface area contributed by atoms with E-state index in [0.717, 1.165) is 16.6 Å². The van der Waals surface area contributed by atoms with Crippen LogP contribution in [0.2, 0.25) is 0 Å². The van der Waals surface area contributed by atoms with Gasteiger partial charge in [-0.1, -0.05) is 43.5 Å². The van der Waals surface area contributed by atoms with E-state index in [0.29, 0.717) is 5.92 Å². The normalized spacial score (nSPS) is 19.8. The van der Waals surface area contributed by atoms with Gasteiger partial charge in [-0.15, -0.1) is 11.3 Å². The lowest BCUT2D eigenvalue weighted by Gasteiger charge is -2.18. The predicted octanol–water partition coefficient (Wildman–Crippen LogP) is 5.32. The molecule has 2 N–H and O–H groups in total. The van der Waals surface area contributed by atoms with Gasteiger partial charge in [-0.05, 0) is 37.2 Å². The molecule has 0 aliphatic heterocycles. The van der Waals surface area contributed by atoms with Crippen LogP contribution < -0.4 is 5.73 Å². The van der Waals surface area contributed by atoms with E-state index >= 15 is 0 Å². The SMILES string of the molecule is Nc1sc(C2CCCCC2)nc1-c1ccccc1C1CC1. The van der Waals surface area contributed by atoms with Crippen LogP contribution in [0.3, 0.4) is 0 Å². The number of rotatable bonds is 3. The lowest BCUT2D eigenvalue weighted by atomic mass is 9.90. The molecule has 0 atom stereocenters. The van der Waals surface area contributed by atoms with Crippen LogP contribution in [0.15, 0.2) is 24.3 Å². The summed E-state index contributed by atoms with van der Waals surface area (Å²) in [5.74, 6) is 1.38. The van der Waals surface area contributed by atoms with Crippen LogP contribution >= 0.6 is 11.3 Å². The number of hydrogen-bond acceptors (Lipinski definition) is 3. The lowest BCUT2D eigenvalue weighted by Crippen LogP contribution is -2.03. The summed E-state index contributed by atoms with van der Waals surface area (Å²) in [6, 6.07) is 8.71. The van der Waals surface area contributed by atoms with E-state index in [9.17, 15) is 0 Å². The number of benzene rings is 1. The van der Waals surface area contributed by atoms with E-state index in [-0.39, 0.29) is 0 Å². The van der Waals surface area contributed by atoms with E-state index in [1.54, 1.807) is 11.3 Å². The van der Waals surface area contributed by atoms with Crippen molar-refractivity contribution in [1.29, 1.82) is 0 Å². The Morgan fingerprint density at radius 1 is 0.952 bits per heavy atom. The summed E-state index contributed by atoms with van der Waals surface area (Å²) < 4.78 is 0. The van der Waals surface area contributed by atoms with Gasteiger partial charge >= 0.3 is 0 Å². The highest BCUT2D eigenvalue weighted by Crippen LogP contribution is 2.46. The van der Waals surface area contributed by atoms with Gasteiger partial charge in [0.1, 0.15) is 10.7 Å². The van der Waals surface area contributed by atoms with Gasteiger partial charge in [-0.25, -0.2) is 4.98 Å². The molecule has 2 aliphatic carbocycles. The van der Waals surface area contributed by atoms with Crippen LogP contribution in [0.4, 0.5) is 5.00 Å². The molecule has 0 bridgehead atoms. The monoisotopic (exact) mass is 298 g/mol. The third kappa shape index (κ3) is 2.59. The Bertz CT molecular complexity index is 636. The van der Waals surface area contributed by atoms with Crippen molar-refractivity contribution in [2.24, 2.45) is 0 Å². The summed E-state index contributed by atoms with van der Waals surface area (Å²) in [5.41, 5.74) is 10.1. The molecule has 2 aliphatic rings. The van der Waals surface area contributed by atoms with Crippen molar-refractivity contribution in [3.63, 3.8) is 0 Å². The van der Waals surface area contributed by atoms with E-state index in [4.69, 9.17) is 10.7 Å². The first kappa shape index (κ1) is 13.3. The second kappa shape index (κ2) is 5.45. The molecule has 110 valence electrons. The molecular weight excluding hydrogens is 276 g/mol. The highest BCUT2D eigenvalue weighted by atomic mass is 32.1. The average molecular weight is 298 g/mol. The Morgan fingerprint density at radius 2 is 1.71 bits per heavy atom. The fourth-order valence-electron chi connectivity index (χ4n) is 3.53. The van der Waals surface area contributed by atoms with Gasteiger partial charge in [0, 0.05) is 11.5 Å². The topological polar surface area (TPSA) is 38.9 Å². The minimum absolute atomic E-state index is 0.646. The standard InChI is InChI=1S/C18H22N2S/c19-17-16(15-9-5-4-8-14(15)12-10-11-12)20-18(21-17)13-6-2-1-3-7-13/h4-5,8-9,12-13H,1-3,6-7,10-11,19H2. The minimum Gasteiger partial charge on any atom is -0.389 e. The zero-order chi connectivity index (χ0) is 14.2. The predicted molar refractivity (Wildman–Crippen MR) is 89.8 cm³/mol. The molecule has 4 rings (SSSR count).